The van der Waals surface area contributed by atoms with Crippen LogP contribution in [0.3, 0.4) is 0 Å². The largest absolute Gasteiger partial charge is 0.493 e. The Kier molecular flexibility index (Phi) is 4.69. The van der Waals surface area contributed by atoms with Crippen molar-refractivity contribution in [3.63, 3.8) is 0 Å². The number of aliphatic hydroxyl groups is 1. The van der Waals surface area contributed by atoms with Crippen molar-refractivity contribution in [3.8, 4) is 5.75 Å². The zero-order valence-corrected chi connectivity index (χ0v) is 13.1. The number of sulfonamides is 1. The Labute approximate surface area is 128 Å². The van der Waals surface area contributed by atoms with Gasteiger partial charge in [-0.15, -0.1) is 0 Å². The van der Waals surface area contributed by atoms with Gasteiger partial charge in [0.05, 0.1) is 29.4 Å². The minimum atomic E-state index is -3.57. The molecule has 1 heterocycles. The number of benzene rings is 1. The predicted octanol–water partition coefficient (Wildman–Crippen LogP) is 1.06. The highest BCUT2D eigenvalue weighted by molar-refractivity contribution is 7.89. The lowest BCUT2D eigenvalue weighted by Gasteiger charge is -2.30. The van der Waals surface area contributed by atoms with Crippen LogP contribution in [0.4, 0.5) is 5.69 Å². The number of ether oxygens (including phenoxy) is 1. The summed E-state index contributed by atoms with van der Waals surface area (Å²) in [6.45, 7) is 1.71. The quantitative estimate of drug-likeness (QED) is 0.653. The van der Waals surface area contributed by atoms with Crippen LogP contribution in [-0.2, 0) is 10.0 Å². The lowest BCUT2D eigenvalue weighted by atomic mass is 9.99. The molecule has 0 unspecified atom stereocenters. The van der Waals surface area contributed by atoms with E-state index in [-0.39, 0.29) is 24.5 Å². The second kappa shape index (κ2) is 6.19. The number of aliphatic hydroxyl groups excluding tert-OH is 1. The summed E-state index contributed by atoms with van der Waals surface area (Å²) in [7, 11) is -2.21. The third kappa shape index (κ3) is 3.06. The molecule has 0 saturated carbocycles. The van der Waals surface area contributed by atoms with E-state index in [1.165, 1.54) is 32.2 Å². The van der Waals surface area contributed by atoms with Gasteiger partial charge in [0.15, 0.2) is 0 Å². The molecule has 0 saturated heterocycles. The van der Waals surface area contributed by atoms with Crippen molar-refractivity contribution in [2.24, 2.45) is 0 Å². The van der Waals surface area contributed by atoms with Crippen LogP contribution in [0.5, 0.6) is 5.75 Å². The first-order chi connectivity index (χ1) is 10.3. The minimum Gasteiger partial charge on any atom is -0.493 e. The molecule has 1 aromatic rings. The zero-order chi connectivity index (χ0) is 16.5. The van der Waals surface area contributed by atoms with Crippen LogP contribution in [-0.4, -0.2) is 48.3 Å². The lowest BCUT2D eigenvalue weighted by Crippen LogP contribution is -2.38. The van der Waals surface area contributed by atoms with Crippen LogP contribution in [0.15, 0.2) is 18.2 Å². The molecule has 0 fully saturated rings. The zero-order valence-electron chi connectivity index (χ0n) is 12.3. The summed E-state index contributed by atoms with van der Waals surface area (Å²) in [5.74, 6) is 0.225. The van der Waals surface area contributed by atoms with Crippen LogP contribution in [0, 0.1) is 10.1 Å². The number of nitrogens with zero attached hydrogens (tertiary/aromatic N) is 2. The van der Waals surface area contributed by atoms with Crippen molar-refractivity contribution >= 4 is 15.7 Å². The van der Waals surface area contributed by atoms with Gasteiger partial charge in [-0.2, -0.15) is 4.31 Å². The maximum atomic E-state index is 12.1. The number of nitro groups is 1. The summed E-state index contributed by atoms with van der Waals surface area (Å²) in [6.07, 6.45) is -0.772. The van der Waals surface area contributed by atoms with Crippen LogP contribution in [0.25, 0.3) is 0 Å². The Bertz CT molecular complexity index is 675. The van der Waals surface area contributed by atoms with Crippen molar-refractivity contribution < 1.29 is 23.2 Å². The van der Waals surface area contributed by atoms with Gasteiger partial charge in [-0.3, -0.25) is 10.1 Å². The molecule has 0 aromatic heterocycles. The fraction of sp³-hybridized carbons (Fsp3) is 0.538. The molecule has 9 heteroatoms. The van der Waals surface area contributed by atoms with Gasteiger partial charge in [-0.05, 0) is 13.0 Å². The lowest BCUT2D eigenvalue weighted by molar-refractivity contribution is -0.385. The van der Waals surface area contributed by atoms with Crippen molar-refractivity contribution in [3.05, 3.63) is 33.9 Å². The molecule has 122 valence electrons. The van der Waals surface area contributed by atoms with E-state index in [0.717, 1.165) is 4.31 Å². The maximum Gasteiger partial charge on any atom is 0.270 e. The number of non-ortho nitro benzene ring substituents is 1. The molecule has 8 nitrogen and oxygen atoms in total. The average molecular weight is 330 g/mol. The van der Waals surface area contributed by atoms with Gasteiger partial charge in [0.1, 0.15) is 5.75 Å². The molecule has 0 amide bonds. The maximum absolute atomic E-state index is 12.1. The highest BCUT2D eigenvalue weighted by Gasteiger charge is 2.36. The highest BCUT2D eigenvalue weighted by atomic mass is 32.2. The van der Waals surface area contributed by atoms with Crippen molar-refractivity contribution in [2.75, 3.05) is 19.4 Å². The smallest absolute Gasteiger partial charge is 0.270 e. The molecule has 0 bridgehead atoms. The molecular formula is C13H18N2O6S. The number of hydrogen-bond donors (Lipinski definition) is 1. The van der Waals surface area contributed by atoms with E-state index in [1.54, 1.807) is 0 Å². The van der Waals surface area contributed by atoms with E-state index < -0.39 is 27.1 Å². The fourth-order valence-corrected chi connectivity index (χ4v) is 3.49. The number of hydrogen-bond acceptors (Lipinski definition) is 6. The minimum absolute atomic E-state index is 0.127. The second-order valence-electron chi connectivity index (χ2n) is 5.05. The van der Waals surface area contributed by atoms with Gasteiger partial charge in [-0.1, -0.05) is 0 Å². The first-order valence-electron chi connectivity index (χ1n) is 6.83. The van der Waals surface area contributed by atoms with E-state index >= 15 is 0 Å². The molecule has 0 radical (unpaired) electrons. The molecular weight excluding hydrogens is 312 g/mol. The van der Waals surface area contributed by atoms with E-state index in [2.05, 4.69) is 0 Å². The summed E-state index contributed by atoms with van der Waals surface area (Å²) in [5, 5.41) is 21.3. The van der Waals surface area contributed by atoms with E-state index in [0.29, 0.717) is 11.3 Å². The van der Waals surface area contributed by atoms with Gasteiger partial charge >= 0.3 is 0 Å². The second-order valence-corrected chi connectivity index (χ2v) is 7.36. The Morgan fingerprint density at radius 2 is 2.18 bits per heavy atom. The third-order valence-corrected chi connectivity index (χ3v) is 5.59. The summed E-state index contributed by atoms with van der Waals surface area (Å²) >= 11 is 0. The Morgan fingerprint density at radius 1 is 1.50 bits per heavy atom. The summed E-state index contributed by atoms with van der Waals surface area (Å²) in [5.41, 5.74) is 0.127. The van der Waals surface area contributed by atoms with E-state index in [1.807, 2.05) is 0 Å². The first kappa shape index (κ1) is 16.7. The molecule has 0 aliphatic carbocycles. The van der Waals surface area contributed by atoms with Crippen molar-refractivity contribution in [2.45, 2.75) is 25.5 Å². The molecule has 1 aromatic carbocycles. The summed E-state index contributed by atoms with van der Waals surface area (Å²) < 4.78 is 30.8. The highest BCUT2D eigenvalue weighted by Crippen LogP contribution is 2.38. The molecule has 1 N–H and O–H groups in total. The molecule has 1 aliphatic rings. The molecule has 1 aliphatic heterocycles. The monoisotopic (exact) mass is 330 g/mol. The van der Waals surface area contributed by atoms with Gasteiger partial charge in [0.2, 0.25) is 10.0 Å². The van der Waals surface area contributed by atoms with Gasteiger partial charge in [0, 0.05) is 31.2 Å². The predicted molar refractivity (Wildman–Crippen MR) is 79.2 cm³/mol. The van der Waals surface area contributed by atoms with Crippen molar-refractivity contribution in [1.82, 2.24) is 4.31 Å². The number of rotatable bonds is 4. The molecule has 0 spiro atoms. The Hall–Kier alpha value is -1.71. The average Bonchev–Trinajstić information content (AvgIpc) is 2.63. The van der Waals surface area contributed by atoms with Gasteiger partial charge < -0.3 is 9.84 Å². The third-order valence-electron chi connectivity index (χ3n) is 3.75. The number of likely N-dealkylation sites (N-methyl/N-ethyl adjacent to an activating group) is 1. The Morgan fingerprint density at radius 3 is 2.77 bits per heavy atom. The molecule has 2 atom stereocenters. The fourth-order valence-electron chi connectivity index (χ4n) is 2.48. The van der Waals surface area contributed by atoms with E-state index in [4.69, 9.17) is 4.74 Å². The first-order valence-corrected chi connectivity index (χ1v) is 8.43. The number of nitro benzene ring substituents is 1. The van der Waals surface area contributed by atoms with Gasteiger partial charge in [0.25, 0.3) is 5.69 Å². The summed E-state index contributed by atoms with van der Waals surface area (Å²) in [6, 6.07) is 3.07. The van der Waals surface area contributed by atoms with Crippen LogP contribution in [0.1, 0.15) is 24.9 Å². The standard InChI is InChI=1S/C13H18N2O6S/c1-3-22(19,20)14(2)13-10-8-9(15(17)18)4-5-12(10)21-7-6-11(13)16/h4-5,8,11,13,16H,3,6-7H2,1-2H3/t11-,13-/m0/s1. The van der Waals surface area contributed by atoms with Crippen LogP contribution in [0.2, 0.25) is 0 Å². The summed E-state index contributed by atoms with van der Waals surface area (Å²) in [4.78, 5) is 10.4. The normalized spacial score (nSPS) is 21.8. The SMILES string of the molecule is CCS(=O)(=O)N(C)[C@H]1c2cc([N+](=O)[O-])ccc2OCC[C@@H]1O. The molecule has 2 rings (SSSR count). The van der Waals surface area contributed by atoms with Gasteiger partial charge in [-0.25, -0.2) is 8.42 Å². The van der Waals surface area contributed by atoms with E-state index in [9.17, 15) is 23.6 Å². The van der Waals surface area contributed by atoms with Crippen molar-refractivity contribution in [1.29, 1.82) is 0 Å². The molecule has 22 heavy (non-hydrogen) atoms. The topological polar surface area (TPSA) is 110 Å². The number of fused-ring (bicyclic) bond motifs is 1. The van der Waals surface area contributed by atoms with Crippen LogP contribution >= 0.6 is 0 Å². The van der Waals surface area contributed by atoms with Crippen LogP contribution < -0.4 is 4.74 Å². The Balaban J connectivity index is 2.57.